The molecule has 0 spiro atoms. The molecule has 0 saturated heterocycles. The summed E-state index contributed by atoms with van der Waals surface area (Å²) in [5.41, 5.74) is 0. The molecule has 0 heterocycles. The summed E-state index contributed by atoms with van der Waals surface area (Å²) in [6, 6.07) is 0. The summed E-state index contributed by atoms with van der Waals surface area (Å²) < 4.78 is 0. The standard InChI is InChI=1S/C4H8O3.K/c1-3-6-7-4(2)5;/h3H2,1-2H3;. The maximum atomic E-state index is 9.86. The van der Waals surface area contributed by atoms with Crippen molar-refractivity contribution in [2.45, 2.75) is 13.8 Å². The van der Waals surface area contributed by atoms with Crippen LogP contribution in [0.15, 0.2) is 0 Å². The van der Waals surface area contributed by atoms with E-state index in [0.29, 0.717) is 6.61 Å². The third-order valence-electron chi connectivity index (χ3n) is 0.294. The zero-order valence-corrected chi connectivity index (χ0v) is 8.55. The number of hydrogen-bond donors (Lipinski definition) is 0. The van der Waals surface area contributed by atoms with Crippen molar-refractivity contribution in [1.82, 2.24) is 0 Å². The molecule has 0 aromatic rings. The molecule has 0 bridgehead atoms. The second kappa shape index (κ2) is 8.07. The van der Waals surface area contributed by atoms with E-state index in [9.17, 15) is 4.79 Å². The maximum Gasteiger partial charge on any atom is 0.339 e. The van der Waals surface area contributed by atoms with Gasteiger partial charge in [0.15, 0.2) is 0 Å². The molecule has 1 radical (unpaired) electrons. The zero-order chi connectivity index (χ0) is 5.70. The molecule has 8 heavy (non-hydrogen) atoms. The molecule has 0 aromatic heterocycles. The maximum absolute atomic E-state index is 9.86. The molecule has 0 aromatic carbocycles. The summed E-state index contributed by atoms with van der Waals surface area (Å²) in [6.45, 7) is 3.43. The number of hydrogen-bond acceptors (Lipinski definition) is 3. The summed E-state index contributed by atoms with van der Waals surface area (Å²) in [7, 11) is 0. The molecule has 3 nitrogen and oxygen atoms in total. The van der Waals surface area contributed by atoms with Crippen molar-refractivity contribution in [2.75, 3.05) is 6.61 Å². The Balaban J connectivity index is 0. The first kappa shape index (κ1) is 11.8. The van der Waals surface area contributed by atoms with Gasteiger partial charge in [-0.05, 0) is 6.92 Å². The van der Waals surface area contributed by atoms with Crippen LogP contribution in [0.1, 0.15) is 13.8 Å². The second-order valence-corrected chi connectivity index (χ2v) is 0.981. The first-order chi connectivity index (χ1) is 3.27. The SMILES string of the molecule is CCOOC(C)=O.[K]. The van der Waals surface area contributed by atoms with Gasteiger partial charge in [0.1, 0.15) is 0 Å². The minimum atomic E-state index is -0.415. The minimum absolute atomic E-state index is 0. The van der Waals surface area contributed by atoms with Gasteiger partial charge in [0.05, 0.1) is 6.61 Å². The van der Waals surface area contributed by atoms with Crippen LogP contribution in [0, 0.1) is 0 Å². The summed E-state index contributed by atoms with van der Waals surface area (Å²) in [5, 5.41) is 0. The van der Waals surface area contributed by atoms with Crippen LogP contribution in [0.2, 0.25) is 0 Å². The topological polar surface area (TPSA) is 35.5 Å². The molecular weight excluding hydrogens is 135 g/mol. The van der Waals surface area contributed by atoms with Crippen LogP contribution in [0.25, 0.3) is 0 Å². The van der Waals surface area contributed by atoms with Gasteiger partial charge in [-0.25, -0.2) is 4.79 Å². The molecule has 0 unspecified atom stereocenters. The van der Waals surface area contributed by atoms with Crippen molar-refractivity contribution in [2.24, 2.45) is 0 Å². The monoisotopic (exact) mass is 143 g/mol. The molecular formula is C4H8KO3. The average Bonchev–Trinajstić information content (AvgIpc) is 1.61. The molecule has 0 aliphatic heterocycles. The molecule has 0 saturated carbocycles. The third-order valence-corrected chi connectivity index (χ3v) is 0.294. The number of rotatable bonds is 2. The molecule has 43 valence electrons. The van der Waals surface area contributed by atoms with Crippen molar-refractivity contribution in [3.63, 3.8) is 0 Å². The van der Waals surface area contributed by atoms with Gasteiger partial charge in [-0.15, -0.1) is 0 Å². The zero-order valence-electron chi connectivity index (χ0n) is 5.43. The number of carbonyl (C=O) groups excluding carboxylic acids is 1. The van der Waals surface area contributed by atoms with Gasteiger partial charge in [0.25, 0.3) is 0 Å². The predicted octanol–water partition coefficient (Wildman–Crippen LogP) is 0.120. The molecule has 4 heteroatoms. The molecule has 0 aliphatic carbocycles. The van der Waals surface area contributed by atoms with E-state index in [4.69, 9.17) is 0 Å². The molecule has 0 fully saturated rings. The first-order valence-corrected chi connectivity index (χ1v) is 2.07. The smallest absolute Gasteiger partial charge is 0.299 e. The van der Waals surface area contributed by atoms with Crippen molar-refractivity contribution in [3.8, 4) is 0 Å². The third kappa shape index (κ3) is 10.1. The second-order valence-electron chi connectivity index (χ2n) is 0.981. The van der Waals surface area contributed by atoms with Gasteiger partial charge in [-0.3, -0.25) is 4.89 Å². The van der Waals surface area contributed by atoms with Crippen LogP contribution >= 0.6 is 0 Å². The van der Waals surface area contributed by atoms with Crippen LogP contribution in [0.5, 0.6) is 0 Å². The largest absolute Gasteiger partial charge is 0.339 e. The van der Waals surface area contributed by atoms with E-state index in [-0.39, 0.29) is 51.4 Å². The Morgan fingerprint density at radius 1 is 1.62 bits per heavy atom. The van der Waals surface area contributed by atoms with Gasteiger partial charge in [-0.2, -0.15) is 4.89 Å². The Kier molecular flexibility index (Phi) is 11.9. The van der Waals surface area contributed by atoms with Crippen LogP contribution in [0.3, 0.4) is 0 Å². The van der Waals surface area contributed by atoms with Crippen LogP contribution < -0.4 is 0 Å². The van der Waals surface area contributed by atoms with Crippen LogP contribution in [-0.4, -0.2) is 64.0 Å². The van der Waals surface area contributed by atoms with Crippen molar-refractivity contribution in [1.29, 1.82) is 0 Å². The summed E-state index contributed by atoms with van der Waals surface area (Å²) in [4.78, 5) is 18.2. The average molecular weight is 143 g/mol. The Bertz CT molecular complexity index is 64.3. The van der Waals surface area contributed by atoms with Crippen molar-refractivity contribution >= 4 is 57.4 Å². The van der Waals surface area contributed by atoms with E-state index in [1.807, 2.05) is 0 Å². The number of carbonyl (C=O) groups is 1. The minimum Gasteiger partial charge on any atom is -0.299 e. The Morgan fingerprint density at radius 3 is 2.25 bits per heavy atom. The van der Waals surface area contributed by atoms with Gasteiger partial charge < -0.3 is 0 Å². The first-order valence-electron chi connectivity index (χ1n) is 2.07. The summed E-state index contributed by atoms with van der Waals surface area (Å²) in [5.74, 6) is -0.415. The molecule has 0 amide bonds. The van der Waals surface area contributed by atoms with Crippen LogP contribution in [-0.2, 0) is 14.6 Å². The van der Waals surface area contributed by atoms with Crippen molar-refractivity contribution in [3.05, 3.63) is 0 Å². The van der Waals surface area contributed by atoms with E-state index >= 15 is 0 Å². The van der Waals surface area contributed by atoms with E-state index in [1.165, 1.54) is 6.92 Å². The van der Waals surface area contributed by atoms with Crippen molar-refractivity contribution < 1.29 is 14.6 Å². The summed E-state index contributed by atoms with van der Waals surface area (Å²) >= 11 is 0. The molecule has 0 N–H and O–H groups in total. The van der Waals surface area contributed by atoms with E-state index < -0.39 is 5.97 Å². The fourth-order valence-electron chi connectivity index (χ4n) is 0.142. The Labute approximate surface area is 91.1 Å². The van der Waals surface area contributed by atoms with Gasteiger partial charge in [-0.1, -0.05) is 0 Å². The fraction of sp³-hybridized carbons (Fsp3) is 0.750. The molecule has 0 rings (SSSR count). The molecule has 0 atom stereocenters. The van der Waals surface area contributed by atoms with Gasteiger partial charge >= 0.3 is 5.97 Å². The quantitative estimate of drug-likeness (QED) is 0.313. The van der Waals surface area contributed by atoms with E-state index in [2.05, 4.69) is 9.78 Å². The molecule has 0 aliphatic rings. The Hall–Kier alpha value is 1.07. The van der Waals surface area contributed by atoms with Gasteiger partial charge in [0, 0.05) is 58.3 Å². The summed E-state index contributed by atoms with van der Waals surface area (Å²) in [6.07, 6.45) is 0. The normalized spacial score (nSPS) is 7.25. The predicted molar refractivity (Wildman–Crippen MR) is 29.1 cm³/mol. The van der Waals surface area contributed by atoms with Gasteiger partial charge in [0.2, 0.25) is 0 Å². The van der Waals surface area contributed by atoms with E-state index in [0.717, 1.165) is 0 Å². The Morgan fingerprint density at radius 2 is 2.12 bits per heavy atom. The van der Waals surface area contributed by atoms with E-state index in [1.54, 1.807) is 6.92 Å². The fourth-order valence-corrected chi connectivity index (χ4v) is 0.142. The van der Waals surface area contributed by atoms with Crippen LogP contribution in [0.4, 0.5) is 0 Å².